The first kappa shape index (κ1) is 83.9. The van der Waals surface area contributed by atoms with Gasteiger partial charge in [-0.3, -0.25) is 20.2 Å². The number of nitrogens with zero attached hydrogens (tertiary/aromatic N) is 3. The van der Waals surface area contributed by atoms with Crippen molar-refractivity contribution in [1.29, 1.82) is 0 Å². The summed E-state index contributed by atoms with van der Waals surface area (Å²) in [5.74, 6) is 0. The number of aromatic nitrogens is 1. The lowest BCUT2D eigenvalue weighted by atomic mass is 9.78. The van der Waals surface area contributed by atoms with Gasteiger partial charge in [-0.2, -0.15) is 0 Å². The van der Waals surface area contributed by atoms with Crippen molar-refractivity contribution < 1.29 is 20.5 Å². The summed E-state index contributed by atoms with van der Waals surface area (Å²) >= 11 is 42.3. The number of halogens is 10. The van der Waals surface area contributed by atoms with E-state index in [2.05, 4.69) is 303 Å². The van der Waals surface area contributed by atoms with Crippen molar-refractivity contribution in [2.75, 3.05) is 0 Å². The molecule has 108 heavy (non-hydrogen) atoms. The van der Waals surface area contributed by atoms with Crippen LogP contribution in [0.3, 0.4) is 0 Å². The van der Waals surface area contributed by atoms with Crippen LogP contribution in [0.15, 0.2) is 327 Å². The minimum Gasteiger partial charge on any atom is -0.399 e. The fourth-order valence-electron chi connectivity index (χ4n) is 11.5. The average molecular weight is 2010 g/mol. The van der Waals surface area contributed by atoms with Crippen molar-refractivity contribution in [3.8, 4) is 27.9 Å². The fourth-order valence-corrected chi connectivity index (χ4v) is 18.2. The van der Waals surface area contributed by atoms with Crippen LogP contribution in [0.2, 0.25) is 26.9 Å². The molecule has 0 saturated carbocycles. The first-order valence-corrected chi connectivity index (χ1v) is 41.5. The monoisotopic (exact) mass is 2000 g/mol. The Morgan fingerprint density at radius 3 is 1.42 bits per heavy atom. The van der Waals surface area contributed by atoms with E-state index in [4.69, 9.17) is 57.1 Å². The minimum atomic E-state index is -0.698. The van der Waals surface area contributed by atoms with Gasteiger partial charge in [0.2, 0.25) is 0 Å². The lowest BCUT2D eigenvalue weighted by molar-refractivity contribution is -0.384. The normalized spacial score (nSPS) is 12.4. The Morgan fingerprint density at radius 2 is 0.898 bits per heavy atom. The second kappa shape index (κ2) is 41.1. The molecule has 14 aromatic rings. The first-order valence-electron chi connectivity index (χ1n) is 34.0. The number of nitro benzene ring substituents is 2. The summed E-state index contributed by atoms with van der Waals surface area (Å²) < 4.78 is 26.2. The van der Waals surface area contributed by atoms with Crippen LogP contribution < -0.4 is 21.4 Å². The van der Waals surface area contributed by atoms with Gasteiger partial charge in [0.15, 0.2) is 0 Å². The molecule has 13 aromatic carbocycles. The summed E-state index contributed by atoms with van der Waals surface area (Å²) in [4.78, 5) is 21.1. The van der Waals surface area contributed by atoms with Crippen molar-refractivity contribution in [3.05, 3.63) is 386 Å². The van der Waals surface area contributed by atoms with Gasteiger partial charge in [-0.1, -0.05) is 307 Å². The van der Waals surface area contributed by atoms with Crippen LogP contribution in [0.25, 0.3) is 49.7 Å². The zero-order chi connectivity index (χ0) is 78.4. The number of hydrogen-bond acceptors (Lipinski definition) is 6. The second-order valence-electron chi connectivity index (χ2n) is 24.7. The topological polar surface area (TPSA) is 110 Å². The molecule has 1 aliphatic heterocycles. The standard InChI is InChI=1S/C18H11BrClN.C18H15P.C13H8BrCl.C12H16BNO4.C12H7BrClNO2.C6H3BrClI.C6H5I.CH3B/c19-15-10-12(20)11-17-18(15)14-8-4-5-9-16(14)21(17)13-6-2-1-3-7-13;1-4-10-16(11-5-1)19(17-12-6-2-7-13-17)18-14-8-3-9-15-18;14-12-7-10(15)6-9-5-8-3-1-2-4-11(8)13(9)12;1-11(2)12(3,4)18-13(17-11)9-7-5-6-8-10(9)14(15)16;13-11-7-8(14)5-6-9(11)10-3-1-2-4-12(10)15(16)17;7-5-3-4(8)1-2-6(5)9;7-6-4-2-1-3-5-6;1-2/h1-11H;1-15H;1-4,6-7H,5H2;5-8H,1-4H3;1-7H;1-3H;1-5H;1H3/i;;;;;;;1D. The second-order valence-corrected chi connectivity index (χ2v) is 34.5. The highest BCUT2D eigenvalue weighted by Crippen LogP contribution is 2.44. The molecule has 1 aliphatic carbocycles. The van der Waals surface area contributed by atoms with Gasteiger partial charge in [-0.05, 0) is 232 Å². The average Bonchev–Trinajstić information content (AvgIpc) is 1.59. The molecular weight excluding hydrogens is 1940 g/mol. The van der Waals surface area contributed by atoms with Crippen LogP contribution in [0.1, 0.15) is 40.2 Å². The van der Waals surface area contributed by atoms with Crippen LogP contribution in [-0.2, 0) is 15.7 Å². The maximum absolute atomic E-state index is 11.0. The summed E-state index contributed by atoms with van der Waals surface area (Å²) in [5, 5.41) is 31.4. The lowest BCUT2D eigenvalue weighted by Gasteiger charge is -2.32. The summed E-state index contributed by atoms with van der Waals surface area (Å²) in [6.45, 7) is 7.67. The Hall–Kier alpha value is -6.52. The number of benzene rings is 13. The molecule has 0 amide bonds. The van der Waals surface area contributed by atoms with Gasteiger partial charge in [0, 0.05) is 80.6 Å². The van der Waals surface area contributed by atoms with Crippen LogP contribution in [0, 0.1) is 27.4 Å². The molecule has 0 bridgehead atoms. The summed E-state index contributed by atoms with van der Waals surface area (Å²) in [5.41, 5.74) is 9.65. The molecule has 16 rings (SSSR count). The Labute approximate surface area is 715 Å². The Balaban J connectivity index is 0.000000148. The van der Waals surface area contributed by atoms with Gasteiger partial charge in [0.1, 0.15) is 0 Å². The maximum Gasteiger partial charge on any atom is 0.501 e. The van der Waals surface area contributed by atoms with Gasteiger partial charge < -0.3 is 13.9 Å². The lowest BCUT2D eigenvalue weighted by Crippen LogP contribution is -2.41. The highest BCUT2D eigenvalue weighted by atomic mass is 127. The first-order chi connectivity index (χ1) is 52.3. The molecule has 2 radical (unpaired) electrons. The van der Waals surface area contributed by atoms with Crippen molar-refractivity contribution in [2.24, 2.45) is 0 Å². The molecule has 0 atom stereocenters. The van der Waals surface area contributed by atoms with Gasteiger partial charge in [-0.25, -0.2) is 0 Å². The molecule has 0 spiro atoms. The number of fused-ring (bicyclic) bond motifs is 6. The van der Waals surface area contributed by atoms with E-state index < -0.39 is 36.1 Å². The highest BCUT2D eigenvalue weighted by Gasteiger charge is 2.53. The van der Waals surface area contributed by atoms with E-state index >= 15 is 0 Å². The zero-order valence-electron chi connectivity index (χ0n) is 59.5. The molecule has 2 aliphatic rings. The molecule has 1 aromatic heterocycles. The quantitative estimate of drug-likeness (QED) is 0.0374. The van der Waals surface area contributed by atoms with Gasteiger partial charge in [-0.15, -0.1) is 0 Å². The third kappa shape index (κ3) is 22.6. The smallest absolute Gasteiger partial charge is 0.399 e. The van der Waals surface area contributed by atoms with Crippen LogP contribution in [-0.4, -0.2) is 40.6 Å². The van der Waals surface area contributed by atoms with Crippen LogP contribution in [0.5, 0.6) is 0 Å². The van der Waals surface area contributed by atoms with E-state index in [1.54, 1.807) is 54.6 Å². The summed E-state index contributed by atoms with van der Waals surface area (Å²) in [7, 11) is 3.37. The van der Waals surface area contributed by atoms with Crippen LogP contribution >= 0.6 is 163 Å². The Morgan fingerprint density at radius 1 is 0.463 bits per heavy atom. The number of rotatable bonds is 8. The van der Waals surface area contributed by atoms with Crippen LogP contribution in [0.4, 0.5) is 11.4 Å². The summed E-state index contributed by atoms with van der Waals surface area (Å²) in [6, 6.07) is 102. The SMILES string of the molecule is CC1(C)OB(c2ccccc2[N+](=O)[O-])OC1(C)C.Clc1cc(Br)c2c(c1)Cc1ccccc1-2.Clc1cc(Br)c2c3ccccc3n(-c3ccccc3)c2c1.Clc1ccc(I)c(Br)c1.Ic1ccccc1.O=[N+]([O-])c1ccccc1-c1ccc(Cl)cc1Br.[2H]C[B].c1ccc(P(c2ccccc2)c2ccccc2)cc1. The molecule has 22 heteroatoms. The van der Waals surface area contributed by atoms with Gasteiger partial charge in [0.05, 0.1) is 51.0 Å². The number of hydrogen-bond donors (Lipinski definition) is 0. The molecule has 9 nitrogen and oxygen atoms in total. The molecule has 0 N–H and O–H groups in total. The third-order valence-corrected chi connectivity index (χ3v) is 25.4. The van der Waals surface area contributed by atoms with Gasteiger partial charge in [0.25, 0.3) is 11.4 Å². The maximum atomic E-state index is 11.0. The highest BCUT2D eigenvalue weighted by molar-refractivity contribution is 14.1. The third-order valence-electron chi connectivity index (χ3n) is 17.1. The Bertz CT molecular complexity index is 5280. The molecule has 0 unspecified atom stereocenters. The predicted octanol–water partition coefficient (Wildman–Crippen LogP) is 27.1. The number of para-hydroxylation sites is 4. The fraction of sp³-hybridized carbons (Fsp3) is 0.0930. The van der Waals surface area contributed by atoms with Crippen molar-refractivity contribution in [2.45, 2.75) is 52.1 Å². The van der Waals surface area contributed by atoms with E-state index in [9.17, 15) is 20.2 Å². The number of nitro groups is 2. The van der Waals surface area contributed by atoms with E-state index in [0.717, 1.165) is 56.1 Å². The van der Waals surface area contributed by atoms with E-state index in [1.807, 2.05) is 88.4 Å². The predicted molar refractivity (Wildman–Crippen MR) is 489 cm³/mol. The van der Waals surface area contributed by atoms with Crippen molar-refractivity contribution in [3.63, 3.8) is 0 Å². The van der Waals surface area contributed by atoms with Crippen molar-refractivity contribution in [1.82, 2.24) is 4.57 Å². The largest absolute Gasteiger partial charge is 0.501 e. The zero-order valence-corrected chi connectivity index (χ0v) is 73.1. The molecule has 1 saturated heterocycles. The minimum absolute atomic E-state index is 0. The molecule has 1 fully saturated rings. The van der Waals surface area contributed by atoms with Crippen molar-refractivity contribution >= 4 is 233 Å². The molecular formula is C86H68B2Br4Cl4I2N3O6P. The van der Waals surface area contributed by atoms with E-state index in [1.165, 1.54) is 73.7 Å². The van der Waals surface area contributed by atoms with E-state index in [-0.39, 0.29) is 18.2 Å². The van der Waals surface area contributed by atoms with Gasteiger partial charge >= 0.3 is 7.12 Å². The Kier molecular flexibility index (Phi) is 32.0. The summed E-state index contributed by atoms with van der Waals surface area (Å²) in [6.07, 6.45) is 0.991. The molecule has 544 valence electrons. The molecule has 2 heterocycles. The van der Waals surface area contributed by atoms with E-state index in [0.29, 0.717) is 16.0 Å².